The molecule has 1 spiro atoms. The number of ether oxygens (including phenoxy) is 3. The van der Waals surface area contributed by atoms with Gasteiger partial charge in [-0.15, -0.1) is 13.2 Å². The van der Waals surface area contributed by atoms with Crippen LogP contribution in [0.2, 0.25) is 0 Å². The fourth-order valence-corrected chi connectivity index (χ4v) is 7.31. The second-order valence-electron chi connectivity index (χ2n) is 10.4. The molecule has 2 amide bonds. The Morgan fingerprint density at radius 2 is 1.97 bits per heavy atom. The number of nitrogens with zero attached hydrogens (tertiary/aromatic N) is 3. The highest BCUT2D eigenvalue weighted by Gasteiger charge is 2.77. The Morgan fingerprint density at radius 3 is 2.66 bits per heavy atom. The Balaban J connectivity index is 1.59. The summed E-state index contributed by atoms with van der Waals surface area (Å²) in [5.74, 6) is -2.55. The number of carbonyl (C=O) groups is 3. The van der Waals surface area contributed by atoms with Gasteiger partial charge in [-0.1, -0.05) is 28.1 Å². The Bertz CT molecular complexity index is 898. The van der Waals surface area contributed by atoms with Gasteiger partial charge in [-0.3, -0.25) is 19.3 Å². The van der Waals surface area contributed by atoms with E-state index in [1.54, 1.807) is 17.1 Å². The van der Waals surface area contributed by atoms with Gasteiger partial charge in [0.25, 0.3) is 0 Å². The maximum Gasteiger partial charge on any atom is 0.312 e. The molecular weight excluding hydrogens is 558 g/mol. The summed E-state index contributed by atoms with van der Waals surface area (Å²) >= 11 is 3.67. The summed E-state index contributed by atoms with van der Waals surface area (Å²) in [6.07, 6.45) is 5.04. The number of aliphatic hydroxyl groups excluding tert-OH is 1. The van der Waals surface area contributed by atoms with Crippen molar-refractivity contribution in [1.29, 1.82) is 0 Å². The van der Waals surface area contributed by atoms with Crippen LogP contribution in [0.1, 0.15) is 25.7 Å². The Kier molecular flexibility index (Phi) is 10.0. The van der Waals surface area contributed by atoms with Gasteiger partial charge in [-0.25, -0.2) is 0 Å². The molecule has 0 aliphatic carbocycles. The third-order valence-corrected chi connectivity index (χ3v) is 8.95. The summed E-state index contributed by atoms with van der Waals surface area (Å²) in [5, 5.41) is 9.53. The summed E-state index contributed by atoms with van der Waals surface area (Å²) in [5.41, 5.74) is -1.13. The van der Waals surface area contributed by atoms with E-state index in [9.17, 15) is 19.5 Å². The number of likely N-dealkylation sites (tertiary alicyclic amines) is 1. The van der Waals surface area contributed by atoms with Gasteiger partial charge in [0.2, 0.25) is 11.8 Å². The summed E-state index contributed by atoms with van der Waals surface area (Å²) in [7, 11) is 0. The topological polar surface area (TPSA) is 109 Å². The number of morpholine rings is 1. The SMILES string of the molecule is C=CCCCOC(=O)[C@H]1[C@H]2C(=O)N(CCCO)C(C(=O)N(CC=C)CCN3CCOCC3)C23CC(Br)[C@@H]1O3. The minimum absolute atomic E-state index is 0.116. The van der Waals surface area contributed by atoms with Crippen LogP contribution in [-0.2, 0) is 28.6 Å². The van der Waals surface area contributed by atoms with Crippen LogP contribution in [0.25, 0.3) is 0 Å². The van der Waals surface area contributed by atoms with Crippen LogP contribution < -0.4 is 0 Å². The minimum atomic E-state index is -1.13. The third-order valence-electron chi connectivity index (χ3n) is 8.10. The van der Waals surface area contributed by atoms with E-state index in [1.165, 1.54) is 4.90 Å². The number of fused-ring (bicyclic) bond motifs is 1. The van der Waals surface area contributed by atoms with Gasteiger partial charge in [0.1, 0.15) is 11.6 Å². The monoisotopic (exact) mass is 597 g/mol. The fourth-order valence-electron chi connectivity index (χ4n) is 6.36. The molecule has 0 radical (unpaired) electrons. The minimum Gasteiger partial charge on any atom is -0.465 e. The van der Waals surface area contributed by atoms with Crippen LogP contribution in [0.3, 0.4) is 0 Å². The summed E-state index contributed by atoms with van der Waals surface area (Å²) < 4.78 is 17.5. The van der Waals surface area contributed by atoms with Crippen molar-refractivity contribution in [2.45, 2.75) is 48.3 Å². The number of allylic oxidation sites excluding steroid dienone is 1. The highest BCUT2D eigenvalue weighted by molar-refractivity contribution is 9.09. The molecule has 4 saturated heterocycles. The van der Waals surface area contributed by atoms with Crippen LogP contribution in [0, 0.1) is 11.8 Å². The van der Waals surface area contributed by atoms with E-state index in [2.05, 4.69) is 34.0 Å². The van der Waals surface area contributed by atoms with Gasteiger partial charge >= 0.3 is 5.97 Å². The molecule has 11 heteroatoms. The van der Waals surface area contributed by atoms with Crippen LogP contribution in [0.4, 0.5) is 0 Å². The molecule has 1 N–H and O–H groups in total. The van der Waals surface area contributed by atoms with Crippen molar-refractivity contribution >= 4 is 33.7 Å². The highest BCUT2D eigenvalue weighted by atomic mass is 79.9. The first-order valence-corrected chi connectivity index (χ1v) is 14.5. The molecule has 4 fully saturated rings. The Labute approximate surface area is 233 Å². The van der Waals surface area contributed by atoms with E-state index in [1.807, 2.05) is 0 Å². The lowest BCUT2D eigenvalue weighted by molar-refractivity contribution is -0.155. The molecule has 6 atom stereocenters. The number of hydrogen-bond acceptors (Lipinski definition) is 8. The first-order chi connectivity index (χ1) is 18.4. The second-order valence-corrected chi connectivity index (χ2v) is 11.6. The second kappa shape index (κ2) is 13.0. The molecule has 0 saturated carbocycles. The van der Waals surface area contributed by atoms with Gasteiger partial charge in [0, 0.05) is 50.7 Å². The van der Waals surface area contributed by atoms with Gasteiger partial charge in [-0.2, -0.15) is 0 Å². The maximum atomic E-state index is 14.2. The molecule has 4 heterocycles. The largest absolute Gasteiger partial charge is 0.465 e. The molecule has 0 aromatic heterocycles. The molecule has 2 bridgehead atoms. The number of rotatable bonds is 14. The van der Waals surface area contributed by atoms with Crippen LogP contribution in [-0.4, -0.2) is 126 Å². The molecule has 0 aromatic carbocycles. The van der Waals surface area contributed by atoms with Crippen molar-refractivity contribution in [3.8, 4) is 0 Å². The predicted octanol–water partition coefficient (Wildman–Crippen LogP) is 0.973. The zero-order chi connectivity index (χ0) is 27.3. The van der Waals surface area contributed by atoms with Gasteiger partial charge in [-0.05, 0) is 25.7 Å². The van der Waals surface area contributed by atoms with Crippen LogP contribution in [0.5, 0.6) is 0 Å². The fraction of sp³-hybridized carbons (Fsp3) is 0.741. The van der Waals surface area contributed by atoms with Crippen molar-refractivity contribution in [2.75, 3.05) is 65.7 Å². The quantitative estimate of drug-likeness (QED) is 0.137. The van der Waals surface area contributed by atoms with Crippen molar-refractivity contribution in [1.82, 2.24) is 14.7 Å². The van der Waals surface area contributed by atoms with Crippen LogP contribution >= 0.6 is 15.9 Å². The predicted molar refractivity (Wildman–Crippen MR) is 144 cm³/mol. The highest BCUT2D eigenvalue weighted by Crippen LogP contribution is 2.60. The number of carbonyl (C=O) groups excluding carboxylic acids is 3. The Morgan fingerprint density at radius 1 is 1.21 bits per heavy atom. The van der Waals surface area contributed by atoms with E-state index in [-0.39, 0.29) is 36.4 Å². The molecule has 212 valence electrons. The zero-order valence-electron chi connectivity index (χ0n) is 22.0. The molecule has 4 rings (SSSR count). The van der Waals surface area contributed by atoms with Crippen molar-refractivity contribution in [3.63, 3.8) is 0 Å². The van der Waals surface area contributed by atoms with E-state index in [0.717, 1.165) is 19.5 Å². The molecule has 0 aromatic rings. The average Bonchev–Trinajstić information content (AvgIpc) is 3.51. The number of halogens is 1. The van der Waals surface area contributed by atoms with Crippen molar-refractivity contribution in [3.05, 3.63) is 25.3 Å². The lowest BCUT2D eigenvalue weighted by atomic mass is 9.70. The number of hydrogen-bond donors (Lipinski definition) is 1. The standard InChI is InChI=1S/C27H40BrN3O7/c1-3-5-6-15-37-26(35)20-21-24(33)31(9-7-14-32)23(27(21)18-19(28)22(20)38-27)25(34)30(8-4-2)11-10-29-12-16-36-17-13-29/h3-4,19-23,32H,1-2,5-18H2/t19?,20-,21-,22-,23?,27?/m0/s1. The number of aliphatic hydroxyl groups is 1. The lowest BCUT2D eigenvalue weighted by Gasteiger charge is -2.38. The molecule has 4 aliphatic heterocycles. The summed E-state index contributed by atoms with van der Waals surface area (Å²) in [6, 6.07) is -0.889. The number of alkyl halides is 1. The van der Waals surface area contributed by atoms with Gasteiger partial charge < -0.3 is 29.1 Å². The number of unbranched alkanes of at least 4 members (excludes halogenated alkanes) is 1. The zero-order valence-corrected chi connectivity index (χ0v) is 23.6. The maximum absolute atomic E-state index is 14.2. The molecule has 3 unspecified atom stereocenters. The van der Waals surface area contributed by atoms with Gasteiger partial charge in [0.05, 0.1) is 37.8 Å². The van der Waals surface area contributed by atoms with E-state index >= 15 is 0 Å². The smallest absolute Gasteiger partial charge is 0.312 e. The van der Waals surface area contributed by atoms with Gasteiger partial charge in [0.15, 0.2) is 0 Å². The van der Waals surface area contributed by atoms with E-state index in [0.29, 0.717) is 52.1 Å². The molecule has 4 aliphatic rings. The van der Waals surface area contributed by atoms with Crippen molar-refractivity contribution in [2.24, 2.45) is 11.8 Å². The molecule has 10 nitrogen and oxygen atoms in total. The summed E-state index contributed by atoms with van der Waals surface area (Å²) in [6.45, 7) is 12.3. The first kappa shape index (κ1) is 29.2. The third kappa shape index (κ3) is 5.58. The summed E-state index contributed by atoms with van der Waals surface area (Å²) in [4.78, 5) is 46.7. The molecule has 38 heavy (non-hydrogen) atoms. The Hall–Kier alpha value is -1.79. The van der Waals surface area contributed by atoms with E-state index < -0.39 is 35.6 Å². The van der Waals surface area contributed by atoms with E-state index in [4.69, 9.17) is 14.2 Å². The van der Waals surface area contributed by atoms with Crippen molar-refractivity contribution < 1.29 is 33.7 Å². The number of esters is 1. The average molecular weight is 599 g/mol. The first-order valence-electron chi connectivity index (χ1n) is 13.6. The van der Waals surface area contributed by atoms with Crippen LogP contribution in [0.15, 0.2) is 25.3 Å². The lowest BCUT2D eigenvalue weighted by Crippen LogP contribution is -2.57. The normalized spacial score (nSPS) is 32.3. The number of amides is 2. The molecular formula is C27H40BrN3O7.